The monoisotopic (exact) mass is 380 g/mol. The van der Waals surface area contributed by atoms with Crippen LogP contribution in [0, 0.1) is 5.82 Å². The van der Waals surface area contributed by atoms with Gasteiger partial charge < -0.3 is 14.6 Å². The lowest BCUT2D eigenvalue weighted by Crippen LogP contribution is -2.36. The topological polar surface area (TPSA) is 79.6 Å². The molecular formula is C21H17FN2O4. The van der Waals surface area contributed by atoms with Crippen LogP contribution in [0.4, 0.5) is 15.8 Å². The molecule has 1 N–H and O–H groups in total. The number of fused-ring (bicyclic) bond motifs is 2. The van der Waals surface area contributed by atoms with Crippen molar-refractivity contribution >= 4 is 34.2 Å². The first kappa shape index (κ1) is 17.9. The summed E-state index contributed by atoms with van der Waals surface area (Å²) in [6.45, 7) is 1.87. The summed E-state index contributed by atoms with van der Waals surface area (Å²) in [6.07, 6.45) is 1.41. The van der Waals surface area contributed by atoms with Crippen LogP contribution in [0.3, 0.4) is 0 Å². The zero-order valence-corrected chi connectivity index (χ0v) is 15.1. The number of rotatable bonds is 2. The van der Waals surface area contributed by atoms with Crippen LogP contribution in [0.25, 0.3) is 11.0 Å². The minimum absolute atomic E-state index is 0.0279. The van der Waals surface area contributed by atoms with Crippen LogP contribution in [0.1, 0.15) is 29.5 Å². The fourth-order valence-electron chi connectivity index (χ4n) is 3.51. The van der Waals surface area contributed by atoms with Gasteiger partial charge in [-0.1, -0.05) is 6.07 Å². The molecule has 28 heavy (non-hydrogen) atoms. The third kappa shape index (κ3) is 3.15. The summed E-state index contributed by atoms with van der Waals surface area (Å²) < 4.78 is 19.1. The molecule has 0 fully saturated rings. The van der Waals surface area contributed by atoms with Crippen LogP contribution in [0.2, 0.25) is 0 Å². The maximum absolute atomic E-state index is 13.5. The van der Waals surface area contributed by atoms with E-state index in [0.29, 0.717) is 30.8 Å². The van der Waals surface area contributed by atoms with Crippen molar-refractivity contribution in [2.45, 2.75) is 19.8 Å². The maximum Gasteiger partial charge on any atom is 0.294 e. The molecule has 7 heteroatoms. The Morgan fingerprint density at radius 2 is 2.00 bits per heavy atom. The van der Waals surface area contributed by atoms with Gasteiger partial charge in [0.2, 0.25) is 5.91 Å². The van der Waals surface area contributed by atoms with E-state index < -0.39 is 17.2 Å². The highest BCUT2D eigenvalue weighted by molar-refractivity contribution is 6.06. The number of anilines is 2. The average molecular weight is 380 g/mol. The highest BCUT2D eigenvalue weighted by Crippen LogP contribution is 2.34. The number of hydrogen-bond donors (Lipinski definition) is 1. The van der Waals surface area contributed by atoms with Crippen LogP contribution in [-0.4, -0.2) is 18.4 Å². The lowest BCUT2D eigenvalue weighted by Gasteiger charge is -2.30. The molecule has 2 amide bonds. The van der Waals surface area contributed by atoms with Gasteiger partial charge in [0.15, 0.2) is 11.2 Å². The quantitative estimate of drug-likeness (QED) is 0.738. The van der Waals surface area contributed by atoms with Crippen LogP contribution in [0.5, 0.6) is 0 Å². The minimum Gasteiger partial charge on any atom is -0.451 e. The van der Waals surface area contributed by atoms with Gasteiger partial charge in [-0.05, 0) is 42.7 Å². The van der Waals surface area contributed by atoms with Crippen molar-refractivity contribution in [2.24, 2.45) is 0 Å². The lowest BCUT2D eigenvalue weighted by molar-refractivity contribution is -0.114. The van der Waals surface area contributed by atoms with Gasteiger partial charge >= 0.3 is 0 Å². The molecule has 0 saturated carbocycles. The molecular weight excluding hydrogens is 363 g/mol. The summed E-state index contributed by atoms with van der Waals surface area (Å²) >= 11 is 0. The number of halogens is 1. The van der Waals surface area contributed by atoms with Crippen molar-refractivity contribution in [3.05, 3.63) is 69.8 Å². The van der Waals surface area contributed by atoms with E-state index in [1.54, 1.807) is 18.2 Å². The van der Waals surface area contributed by atoms with Crippen molar-refractivity contribution in [3.63, 3.8) is 0 Å². The second-order valence-electron chi connectivity index (χ2n) is 6.66. The summed E-state index contributed by atoms with van der Waals surface area (Å²) in [7, 11) is 0. The molecule has 6 nitrogen and oxygen atoms in total. The van der Waals surface area contributed by atoms with Gasteiger partial charge in [-0.25, -0.2) is 4.39 Å². The normalized spacial score (nSPS) is 13.3. The Morgan fingerprint density at radius 1 is 1.18 bits per heavy atom. The molecule has 1 aliphatic rings. The fourth-order valence-corrected chi connectivity index (χ4v) is 3.51. The second kappa shape index (κ2) is 6.92. The third-order valence-corrected chi connectivity index (χ3v) is 4.71. The molecule has 0 radical (unpaired) electrons. The van der Waals surface area contributed by atoms with Crippen molar-refractivity contribution in [1.82, 2.24) is 0 Å². The summed E-state index contributed by atoms with van der Waals surface area (Å²) in [5.41, 5.74) is 1.79. The Hall–Kier alpha value is -3.48. The molecule has 0 bridgehead atoms. The fraction of sp³-hybridized carbons (Fsp3) is 0.190. The van der Waals surface area contributed by atoms with E-state index in [9.17, 15) is 18.8 Å². The number of carbonyl (C=O) groups excluding carboxylic acids is 2. The van der Waals surface area contributed by atoms with Crippen LogP contribution in [-0.2, 0) is 11.2 Å². The number of carbonyl (C=O) groups is 2. The molecule has 142 valence electrons. The Morgan fingerprint density at radius 3 is 2.79 bits per heavy atom. The number of nitrogens with zero attached hydrogens (tertiary/aromatic N) is 1. The van der Waals surface area contributed by atoms with Gasteiger partial charge in [0, 0.05) is 37.0 Å². The molecule has 3 aromatic rings. The molecule has 0 atom stereocenters. The molecule has 4 rings (SSSR count). The van der Waals surface area contributed by atoms with E-state index in [1.165, 1.54) is 24.0 Å². The first-order valence-electron chi connectivity index (χ1n) is 8.89. The van der Waals surface area contributed by atoms with Crippen LogP contribution >= 0.6 is 0 Å². The smallest absolute Gasteiger partial charge is 0.294 e. The van der Waals surface area contributed by atoms with Gasteiger partial charge in [-0.2, -0.15) is 0 Å². The third-order valence-electron chi connectivity index (χ3n) is 4.71. The number of nitrogens with one attached hydrogen (secondary N) is 1. The first-order valence-corrected chi connectivity index (χ1v) is 8.89. The lowest BCUT2D eigenvalue weighted by atomic mass is 9.99. The van der Waals surface area contributed by atoms with E-state index in [2.05, 4.69) is 5.32 Å². The molecule has 2 aromatic carbocycles. The summed E-state index contributed by atoms with van der Waals surface area (Å²) in [5, 5.41) is 2.99. The summed E-state index contributed by atoms with van der Waals surface area (Å²) in [6, 6.07) is 10.1. The summed E-state index contributed by atoms with van der Waals surface area (Å²) in [5.74, 6) is -1.38. The van der Waals surface area contributed by atoms with Gasteiger partial charge in [-0.3, -0.25) is 14.4 Å². The zero-order chi connectivity index (χ0) is 19.8. The van der Waals surface area contributed by atoms with E-state index >= 15 is 0 Å². The van der Waals surface area contributed by atoms with Crippen LogP contribution < -0.4 is 15.6 Å². The van der Waals surface area contributed by atoms with Crippen molar-refractivity contribution < 1.29 is 18.4 Å². The summed E-state index contributed by atoms with van der Waals surface area (Å²) in [4.78, 5) is 38.4. The Labute approximate surface area is 159 Å². The molecule has 0 spiro atoms. The predicted octanol–water partition coefficient (Wildman–Crippen LogP) is 3.48. The Balaban J connectivity index is 1.77. The highest BCUT2D eigenvalue weighted by atomic mass is 19.1. The molecule has 0 unspecified atom stereocenters. The van der Waals surface area contributed by atoms with Gasteiger partial charge in [0.25, 0.3) is 5.91 Å². The minimum atomic E-state index is -0.552. The van der Waals surface area contributed by atoms with E-state index in [0.717, 1.165) is 17.7 Å². The van der Waals surface area contributed by atoms with Crippen LogP contribution in [0.15, 0.2) is 51.7 Å². The van der Waals surface area contributed by atoms with Crippen molar-refractivity contribution in [3.8, 4) is 0 Å². The average Bonchev–Trinajstić information content (AvgIpc) is 2.66. The van der Waals surface area contributed by atoms with Crippen molar-refractivity contribution in [2.75, 3.05) is 16.8 Å². The van der Waals surface area contributed by atoms with Gasteiger partial charge in [0.05, 0.1) is 5.39 Å². The predicted molar refractivity (Wildman–Crippen MR) is 103 cm³/mol. The molecule has 0 saturated heterocycles. The molecule has 1 aromatic heterocycles. The zero-order valence-electron chi connectivity index (χ0n) is 15.1. The van der Waals surface area contributed by atoms with Gasteiger partial charge in [-0.15, -0.1) is 0 Å². The van der Waals surface area contributed by atoms with E-state index in [4.69, 9.17) is 4.42 Å². The van der Waals surface area contributed by atoms with E-state index in [1.807, 2.05) is 0 Å². The highest BCUT2D eigenvalue weighted by Gasteiger charge is 2.27. The number of amides is 2. The molecule has 1 aliphatic heterocycles. The van der Waals surface area contributed by atoms with Gasteiger partial charge in [0.1, 0.15) is 11.4 Å². The van der Waals surface area contributed by atoms with E-state index in [-0.39, 0.29) is 22.6 Å². The first-order chi connectivity index (χ1) is 13.4. The Bertz CT molecular complexity index is 1170. The Kier molecular flexibility index (Phi) is 4.43. The molecule has 2 heterocycles. The number of hydrogen-bond acceptors (Lipinski definition) is 4. The largest absolute Gasteiger partial charge is 0.451 e. The number of benzene rings is 2. The maximum atomic E-state index is 13.5. The van der Waals surface area contributed by atoms with Crippen molar-refractivity contribution in [1.29, 1.82) is 0 Å². The standard InChI is InChI=1S/C21H17FN2O4/c1-12(25)23-16-5-2-6-17-14(16)4-3-9-24(17)21(27)20-11-18(26)15-8-7-13(22)10-19(15)28-20/h2,5-8,10-11H,3-4,9H2,1H3,(H,23,25). The SMILES string of the molecule is CC(=O)Nc1cccc2c1CCCN2C(=O)c1cc(=O)c2ccc(F)cc2o1. The molecule has 0 aliphatic carbocycles. The second-order valence-corrected chi connectivity index (χ2v) is 6.66.